The minimum absolute atomic E-state index is 0.238. The van der Waals surface area contributed by atoms with Crippen LogP contribution in [0.15, 0.2) is 6.20 Å². The molecule has 0 N–H and O–H groups in total. The summed E-state index contributed by atoms with van der Waals surface area (Å²) in [5, 5.41) is 0. The minimum atomic E-state index is -1.92. The van der Waals surface area contributed by atoms with E-state index >= 15 is 0 Å². The number of hydrogen-bond donors (Lipinski definition) is 0. The largest absolute Gasteiger partial charge is 0.531 e. The maximum absolute atomic E-state index is 11.9. The van der Waals surface area contributed by atoms with E-state index in [1.807, 2.05) is 39.3 Å². The van der Waals surface area contributed by atoms with Crippen LogP contribution in [0.25, 0.3) is 0 Å². The monoisotopic (exact) mass is 328 g/mol. The Bertz CT molecular complexity index is 510. The lowest BCUT2D eigenvalue weighted by Gasteiger charge is -2.22. The zero-order valence-corrected chi connectivity index (χ0v) is 15.8. The first-order valence-electron chi connectivity index (χ1n) is 6.94. The van der Waals surface area contributed by atoms with Gasteiger partial charge in [-0.15, -0.1) is 0 Å². The molecule has 0 bridgehead atoms. The molecule has 0 aliphatic carbocycles. The van der Waals surface area contributed by atoms with Crippen LogP contribution >= 0.6 is 0 Å². The smallest absolute Gasteiger partial charge is 0.345 e. The summed E-state index contributed by atoms with van der Waals surface area (Å²) in [5.74, 6) is -0.235. The van der Waals surface area contributed by atoms with Crippen molar-refractivity contribution in [3.05, 3.63) is 11.8 Å². The lowest BCUT2D eigenvalue weighted by Crippen LogP contribution is -2.32. The van der Waals surface area contributed by atoms with Gasteiger partial charge in [0.1, 0.15) is 5.56 Å². The summed E-state index contributed by atoms with van der Waals surface area (Å²) in [4.78, 5) is 20.3. The number of carbonyl (C=O) groups excluding carboxylic acids is 1. The van der Waals surface area contributed by atoms with Crippen molar-refractivity contribution in [2.24, 2.45) is 0 Å². The van der Waals surface area contributed by atoms with E-state index in [1.165, 1.54) is 6.20 Å². The van der Waals surface area contributed by atoms with Crippen molar-refractivity contribution in [3.8, 4) is 11.9 Å². The van der Waals surface area contributed by atoms with Crippen LogP contribution in [0.2, 0.25) is 39.3 Å². The molecule has 21 heavy (non-hydrogen) atoms. The summed E-state index contributed by atoms with van der Waals surface area (Å²) in [7, 11) is -3.75. The molecular weight excluding hydrogens is 304 g/mol. The number of esters is 1. The highest BCUT2D eigenvalue weighted by molar-refractivity contribution is 6.70. The van der Waals surface area contributed by atoms with Gasteiger partial charge in [0.05, 0.1) is 12.8 Å². The third-order valence-electron chi connectivity index (χ3n) is 2.03. The van der Waals surface area contributed by atoms with Gasteiger partial charge in [0.25, 0.3) is 0 Å². The molecule has 0 aromatic carbocycles. The maximum atomic E-state index is 11.9. The predicted octanol–water partition coefficient (Wildman–Crippen LogP) is 3.08. The third kappa shape index (κ3) is 6.26. The summed E-state index contributed by atoms with van der Waals surface area (Å²) in [6.07, 6.45) is 1.41. The lowest BCUT2D eigenvalue weighted by atomic mass is 10.3. The molecular formula is C13H24N2O4Si2. The first-order chi connectivity index (χ1) is 9.52. The number of aromatic nitrogens is 2. The zero-order valence-electron chi connectivity index (χ0n) is 13.8. The fourth-order valence-electron chi connectivity index (χ4n) is 1.39. The van der Waals surface area contributed by atoms with Gasteiger partial charge < -0.3 is 13.6 Å². The summed E-state index contributed by atoms with van der Waals surface area (Å²) in [6.45, 7) is 14.2. The van der Waals surface area contributed by atoms with Gasteiger partial charge in [-0.2, -0.15) is 4.98 Å². The Labute approximate surface area is 128 Å². The van der Waals surface area contributed by atoms with E-state index in [2.05, 4.69) is 9.97 Å². The van der Waals surface area contributed by atoms with Crippen LogP contribution in [0.5, 0.6) is 11.9 Å². The number of nitrogens with zero attached hydrogens (tertiary/aromatic N) is 2. The molecule has 0 aliphatic heterocycles. The Balaban J connectivity index is 3.16. The molecule has 0 spiro atoms. The Morgan fingerprint density at radius 1 is 1.10 bits per heavy atom. The van der Waals surface area contributed by atoms with Crippen molar-refractivity contribution >= 4 is 22.6 Å². The van der Waals surface area contributed by atoms with E-state index in [-0.39, 0.29) is 17.5 Å². The predicted molar refractivity (Wildman–Crippen MR) is 85.9 cm³/mol. The fraction of sp³-hybridized carbons (Fsp3) is 0.615. The third-order valence-corrected chi connectivity index (χ3v) is 3.63. The van der Waals surface area contributed by atoms with Crippen molar-refractivity contribution in [2.45, 2.75) is 46.2 Å². The number of ether oxygens (including phenoxy) is 1. The molecule has 0 amide bonds. The van der Waals surface area contributed by atoms with Crippen molar-refractivity contribution in [1.82, 2.24) is 9.97 Å². The van der Waals surface area contributed by atoms with E-state index in [4.69, 9.17) is 13.6 Å². The van der Waals surface area contributed by atoms with Crippen LogP contribution < -0.4 is 8.85 Å². The molecule has 0 atom stereocenters. The molecule has 1 aromatic rings. The molecule has 0 aliphatic rings. The zero-order chi connectivity index (χ0) is 16.3. The maximum Gasteiger partial charge on any atom is 0.345 e. The molecule has 0 saturated heterocycles. The Kier molecular flexibility index (Phi) is 5.51. The van der Waals surface area contributed by atoms with Crippen LogP contribution in [0, 0.1) is 0 Å². The van der Waals surface area contributed by atoms with Crippen molar-refractivity contribution < 1.29 is 18.4 Å². The molecule has 1 rings (SSSR count). The van der Waals surface area contributed by atoms with Crippen LogP contribution in [0.1, 0.15) is 17.3 Å². The topological polar surface area (TPSA) is 70.5 Å². The number of carbonyl (C=O) groups is 1. The Morgan fingerprint density at radius 3 is 2.14 bits per heavy atom. The molecule has 0 radical (unpaired) electrons. The van der Waals surface area contributed by atoms with Crippen LogP contribution in [-0.2, 0) is 4.74 Å². The quantitative estimate of drug-likeness (QED) is 0.590. The van der Waals surface area contributed by atoms with E-state index < -0.39 is 22.6 Å². The summed E-state index contributed by atoms with van der Waals surface area (Å²) < 4.78 is 16.6. The highest BCUT2D eigenvalue weighted by Crippen LogP contribution is 2.23. The Hall–Kier alpha value is -1.42. The van der Waals surface area contributed by atoms with E-state index in [1.54, 1.807) is 6.92 Å². The van der Waals surface area contributed by atoms with Crippen LogP contribution in [0.4, 0.5) is 0 Å². The van der Waals surface area contributed by atoms with Gasteiger partial charge in [-0.1, -0.05) is 0 Å². The first kappa shape index (κ1) is 17.6. The second-order valence-electron chi connectivity index (χ2n) is 6.52. The highest BCUT2D eigenvalue weighted by Gasteiger charge is 2.25. The van der Waals surface area contributed by atoms with E-state index in [0.29, 0.717) is 6.61 Å². The van der Waals surface area contributed by atoms with Gasteiger partial charge in [0.15, 0.2) is 0 Å². The van der Waals surface area contributed by atoms with Gasteiger partial charge in [-0.25, -0.2) is 9.78 Å². The standard InChI is InChI=1S/C13H24N2O4Si2/c1-8-17-12(16)10-9-14-13(19-21(5,6)7)15-11(10)18-20(2,3)4/h9H,8H2,1-7H3. The van der Waals surface area contributed by atoms with Gasteiger partial charge in [-0.3, -0.25) is 0 Å². The van der Waals surface area contributed by atoms with Gasteiger partial charge in [-0.05, 0) is 46.2 Å². The van der Waals surface area contributed by atoms with Crippen molar-refractivity contribution in [2.75, 3.05) is 6.61 Å². The molecule has 0 saturated carbocycles. The molecule has 0 unspecified atom stereocenters. The summed E-state index contributed by atoms with van der Waals surface area (Å²) in [6, 6.07) is 0.246. The normalized spacial score (nSPS) is 12.0. The Morgan fingerprint density at radius 2 is 1.67 bits per heavy atom. The lowest BCUT2D eigenvalue weighted by molar-refractivity contribution is 0.0523. The number of rotatable bonds is 6. The van der Waals surface area contributed by atoms with Crippen molar-refractivity contribution in [3.63, 3.8) is 0 Å². The number of hydrogen-bond acceptors (Lipinski definition) is 6. The van der Waals surface area contributed by atoms with Gasteiger partial charge >= 0.3 is 12.0 Å². The first-order valence-corrected chi connectivity index (χ1v) is 13.8. The SMILES string of the molecule is CCOC(=O)c1cnc(O[Si](C)(C)C)nc1O[Si](C)(C)C. The highest BCUT2D eigenvalue weighted by atomic mass is 28.4. The second kappa shape index (κ2) is 6.57. The summed E-state index contributed by atoms with van der Waals surface area (Å²) in [5.41, 5.74) is 0.238. The molecule has 8 heteroatoms. The molecule has 118 valence electrons. The van der Waals surface area contributed by atoms with Gasteiger partial charge in [0.2, 0.25) is 22.5 Å². The minimum Gasteiger partial charge on any atom is -0.531 e. The molecule has 0 fully saturated rings. The average molecular weight is 329 g/mol. The van der Waals surface area contributed by atoms with E-state index in [0.717, 1.165) is 0 Å². The van der Waals surface area contributed by atoms with Gasteiger partial charge in [0, 0.05) is 0 Å². The molecule has 6 nitrogen and oxygen atoms in total. The van der Waals surface area contributed by atoms with Crippen LogP contribution in [-0.4, -0.2) is 39.2 Å². The van der Waals surface area contributed by atoms with E-state index in [9.17, 15) is 4.79 Å². The van der Waals surface area contributed by atoms with Crippen LogP contribution in [0.3, 0.4) is 0 Å². The average Bonchev–Trinajstić information content (AvgIpc) is 2.24. The second-order valence-corrected chi connectivity index (χ2v) is 15.4. The summed E-state index contributed by atoms with van der Waals surface area (Å²) >= 11 is 0. The fourth-order valence-corrected chi connectivity index (χ4v) is 2.77. The van der Waals surface area contributed by atoms with Crippen molar-refractivity contribution in [1.29, 1.82) is 0 Å². The molecule has 1 aromatic heterocycles. The molecule has 1 heterocycles.